The van der Waals surface area contributed by atoms with Gasteiger partial charge in [0.05, 0.1) is 10.7 Å². The van der Waals surface area contributed by atoms with E-state index in [1.807, 2.05) is 0 Å². The summed E-state index contributed by atoms with van der Waals surface area (Å²) in [5, 5.41) is 5.39. The molecule has 0 saturated carbocycles. The number of amides is 2. The minimum absolute atomic E-state index is 0.336. The second kappa shape index (κ2) is 8.84. The van der Waals surface area contributed by atoms with Gasteiger partial charge in [-0.1, -0.05) is 41.9 Å². The standard InChI is InChI=1S/C18H17ClN2O4/c1-12(17(23)21-15-10-6-5-9-14(15)19)25-16(22)11-20-18(24)13-7-3-2-4-8-13/h2-10,12H,11H2,1H3,(H,20,24)(H,21,23)/t12-/m1/s1. The fourth-order valence-corrected chi connectivity index (χ4v) is 2.12. The van der Waals surface area contributed by atoms with Gasteiger partial charge >= 0.3 is 5.97 Å². The van der Waals surface area contributed by atoms with Gasteiger partial charge in [-0.2, -0.15) is 0 Å². The van der Waals surface area contributed by atoms with Crippen molar-refractivity contribution >= 4 is 35.1 Å². The molecule has 0 aliphatic carbocycles. The van der Waals surface area contributed by atoms with Crippen LogP contribution in [0.2, 0.25) is 5.02 Å². The zero-order valence-electron chi connectivity index (χ0n) is 13.5. The van der Waals surface area contributed by atoms with E-state index in [4.69, 9.17) is 16.3 Å². The van der Waals surface area contributed by atoms with Crippen molar-refractivity contribution in [3.63, 3.8) is 0 Å². The predicted octanol–water partition coefficient (Wildman–Crippen LogP) is 2.64. The van der Waals surface area contributed by atoms with Gasteiger partial charge in [-0.3, -0.25) is 14.4 Å². The zero-order valence-corrected chi connectivity index (χ0v) is 14.2. The highest BCUT2D eigenvalue weighted by Gasteiger charge is 2.19. The molecule has 0 aliphatic rings. The number of hydrogen-bond donors (Lipinski definition) is 2. The Bertz CT molecular complexity index is 765. The number of carbonyl (C=O) groups is 3. The van der Waals surface area contributed by atoms with Crippen molar-refractivity contribution in [2.45, 2.75) is 13.0 Å². The van der Waals surface area contributed by atoms with Crippen molar-refractivity contribution in [1.29, 1.82) is 0 Å². The SMILES string of the molecule is C[C@@H](OC(=O)CNC(=O)c1ccccc1)C(=O)Nc1ccccc1Cl. The van der Waals surface area contributed by atoms with Gasteiger partial charge in [0.15, 0.2) is 6.10 Å². The second-order valence-corrected chi connectivity index (χ2v) is 5.56. The molecular formula is C18H17ClN2O4. The van der Waals surface area contributed by atoms with E-state index in [0.717, 1.165) is 0 Å². The maximum Gasteiger partial charge on any atom is 0.326 e. The fraction of sp³-hybridized carbons (Fsp3) is 0.167. The minimum atomic E-state index is -1.03. The molecule has 25 heavy (non-hydrogen) atoms. The Labute approximate surface area is 150 Å². The molecule has 2 N–H and O–H groups in total. The van der Waals surface area contributed by atoms with E-state index in [2.05, 4.69) is 10.6 Å². The molecule has 2 amide bonds. The lowest BCUT2D eigenvalue weighted by Crippen LogP contribution is -2.35. The molecule has 0 fully saturated rings. The van der Waals surface area contributed by atoms with Crippen molar-refractivity contribution in [3.8, 4) is 0 Å². The summed E-state index contributed by atoms with van der Waals surface area (Å²) in [6.45, 7) is 1.10. The second-order valence-electron chi connectivity index (χ2n) is 5.15. The molecule has 0 radical (unpaired) electrons. The highest BCUT2D eigenvalue weighted by atomic mass is 35.5. The molecule has 1 atom stereocenters. The Morgan fingerprint density at radius 2 is 1.68 bits per heavy atom. The van der Waals surface area contributed by atoms with Gasteiger partial charge in [-0.25, -0.2) is 0 Å². The number of halogens is 1. The van der Waals surface area contributed by atoms with E-state index in [0.29, 0.717) is 16.3 Å². The first-order chi connectivity index (χ1) is 12.0. The Balaban J connectivity index is 1.80. The quantitative estimate of drug-likeness (QED) is 0.775. The number of carbonyl (C=O) groups excluding carboxylic acids is 3. The Morgan fingerprint density at radius 3 is 2.36 bits per heavy atom. The van der Waals surface area contributed by atoms with Gasteiger partial charge < -0.3 is 15.4 Å². The molecule has 2 aromatic carbocycles. The normalized spacial score (nSPS) is 11.3. The molecule has 0 unspecified atom stereocenters. The maximum atomic E-state index is 12.0. The molecule has 0 aliphatic heterocycles. The number of ether oxygens (including phenoxy) is 1. The van der Waals surface area contributed by atoms with Crippen LogP contribution in [0.3, 0.4) is 0 Å². The highest BCUT2D eigenvalue weighted by molar-refractivity contribution is 6.33. The third-order valence-electron chi connectivity index (χ3n) is 3.24. The maximum absolute atomic E-state index is 12.0. The van der Waals surface area contributed by atoms with Gasteiger partial charge in [0, 0.05) is 5.56 Å². The van der Waals surface area contributed by atoms with Crippen LogP contribution in [-0.4, -0.2) is 30.4 Å². The van der Waals surface area contributed by atoms with Crippen LogP contribution in [0.5, 0.6) is 0 Å². The lowest BCUT2D eigenvalue weighted by molar-refractivity contribution is -0.152. The van der Waals surface area contributed by atoms with Gasteiger partial charge in [0.25, 0.3) is 11.8 Å². The summed E-state index contributed by atoms with van der Waals surface area (Å²) in [5.74, 6) is -1.63. The molecule has 0 bridgehead atoms. The highest BCUT2D eigenvalue weighted by Crippen LogP contribution is 2.20. The minimum Gasteiger partial charge on any atom is -0.451 e. The number of para-hydroxylation sites is 1. The number of rotatable bonds is 6. The first-order valence-electron chi connectivity index (χ1n) is 7.55. The lowest BCUT2D eigenvalue weighted by Gasteiger charge is -2.14. The van der Waals surface area contributed by atoms with Gasteiger partial charge in [-0.15, -0.1) is 0 Å². The molecule has 2 rings (SSSR count). The van der Waals surface area contributed by atoms with Crippen LogP contribution in [0.25, 0.3) is 0 Å². The van der Waals surface area contributed by atoms with Crippen LogP contribution in [0.1, 0.15) is 17.3 Å². The van der Waals surface area contributed by atoms with Crippen molar-refractivity contribution in [2.75, 3.05) is 11.9 Å². The molecule has 0 aromatic heterocycles. The summed E-state index contributed by atoms with van der Waals surface area (Å²) in [6.07, 6.45) is -1.03. The molecule has 2 aromatic rings. The van der Waals surface area contributed by atoms with Crippen LogP contribution < -0.4 is 10.6 Å². The summed E-state index contributed by atoms with van der Waals surface area (Å²) < 4.78 is 5.00. The van der Waals surface area contributed by atoms with E-state index >= 15 is 0 Å². The van der Waals surface area contributed by atoms with Gasteiger partial charge in [0.2, 0.25) is 0 Å². The van der Waals surface area contributed by atoms with Crippen LogP contribution in [0.4, 0.5) is 5.69 Å². The van der Waals surface area contributed by atoms with Crippen molar-refractivity contribution in [3.05, 3.63) is 65.2 Å². The van der Waals surface area contributed by atoms with E-state index in [-0.39, 0.29) is 6.54 Å². The lowest BCUT2D eigenvalue weighted by atomic mass is 10.2. The van der Waals surface area contributed by atoms with Crippen LogP contribution in [0.15, 0.2) is 54.6 Å². The number of nitrogens with one attached hydrogen (secondary N) is 2. The largest absolute Gasteiger partial charge is 0.451 e. The summed E-state index contributed by atoms with van der Waals surface area (Å²) in [5.41, 5.74) is 0.856. The number of anilines is 1. The van der Waals surface area contributed by atoms with Crippen molar-refractivity contribution < 1.29 is 19.1 Å². The molecule has 7 heteroatoms. The Morgan fingerprint density at radius 1 is 1.04 bits per heavy atom. The average Bonchev–Trinajstić information content (AvgIpc) is 2.62. The summed E-state index contributed by atoms with van der Waals surface area (Å²) in [4.78, 5) is 35.6. The Kier molecular flexibility index (Phi) is 6.54. The molecule has 0 saturated heterocycles. The number of benzene rings is 2. The smallest absolute Gasteiger partial charge is 0.326 e. The van der Waals surface area contributed by atoms with E-state index in [9.17, 15) is 14.4 Å². The summed E-state index contributed by atoms with van der Waals surface area (Å²) in [7, 11) is 0. The van der Waals surface area contributed by atoms with E-state index in [1.165, 1.54) is 6.92 Å². The fourth-order valence-electron chi connectivity index (χ4n) is 1.93. The van der Waals surface area contributed by atoms with Gasteiger partial charge in [-0.05, 0) is 31.2 Å². The molecule has 0 heterocycles. The summed E-state index contributed by atoms with van der Waals surface area (Å²) in [6, 6.07) is 15.2. The van der Waals surface area contributed by atoms with Crippen LogP contribution in [0, 0.1) is 0 Å². The average molecular weight is 361 g/mol. The predicted molar refractivity (Wildman–Crippen MR) is 94.4 cm³/mol. The first kappa shape index (κ1) is 18.5. The molecule has 6 nitrogen and oxygen atoms in total. The topological polar surface area (TPSA) is 84.5 Å². The zero-order chi connectivity index (χ0) is 18.2. The van der Waals surface area contributed by atoms with Crippen LogP contribution in [-0.2, 0) is 14.3 Å². The van der Waals surface area contributed by atoms with Crippen molar-refractivity contribution in [1.82, 2.24) is 5.32 Å². The molecule has 130 valence electrons. The van der Waals surface area contributed by atoms with Gasteiger partial charge in [0.1, 0.15) is 6.54 Å². The number of esters is 1. The number of hydrogen-bond acceptors (Lipinski definition) is 4. The van der Waals surface area contributed by atoms with E-state index in [1.54, 1.807) is 54.6 Å². The van der Waals surface area contributed by atoms with Crippen LogP contribution >= 0.6 is 11.6 Å². The van der Waals surface area contributed by atoms with Crippen molar-refractivity contribution in [2.24, 2.45) is 0 Å². The van der Waals surface area contributed by atoms with E-state index < -0.39 is 23.9 Å². The third kappa shape index (κ3) is 5.61. The first-order valence-corrected chi connectivity index (χ1v) is 7.93. The summed E-state index contributed by atoms with van der Waals surface area (Å²) >= 11 is 5.95. The molecule has 0 spiro atoms. The monoisotopic (exact) mass is 360 g/mol. The Hall–Kier alpha value is -2.86. The molecular weight excluding hydrogens is 344 g/mol. The third-order valence-corrected chi connectivity index (χ3v) is 3.57.